The van der Waals surface area contributed by atoms with Crippen LogP contribution in [0.15, 0.2) is 11.8 Å². The molecule has 0 rings (SSSR count). The Morgan fingerprint density at radius 1 is 1.55 bits per heavy atom. The molecule has 4 nitrogen and oxygen atoms in total. The fraction of sp³-hybridized carbons (Fsp3) is 0.500. The topological polar surface area (TPSA) is 65.3 Å². The molecule has 0 aromatic rings. The molecule has 0 saturated carbocycles. The predicted octanol–water partition coefficient (Wildman–Crippen LogP) is -3.62. The van der Waals surface area contributed by atoms with Crippen molar-refractivity contribution in [1.82, 2.24) is 0 Å². The molecule has 0 fully saturated rings. The largest absolute Gasteiger partial charge is 1.00 e. The van der Waals surface area contributed by atoms with Gasteiger partial charge in [0.1, 0.15) is 0 Å². The van der Waals surface area contributed by atoms with E-state index in [0.717, 1.165) is 0 Å². The number of hydrogen-bond donors (Lipinski definition) is 0. The Morgan fingerprint density at radius 3 is 2.09 bits per heavy atom. The summed E-state index contributed by atoms with van der Waals surface area (Å²) < 4.78 is 9.26. The Morgan fingerprint density at radius 2 is 2.00 bits per heavy atom. The number of rotatable bonds is 3. The van der Waals surface area contributed by atoms with Crippen molar-refractivity contribution in [2.45, 2.75) is 6.29 Å². The van der Waals surface area contributed by atoms with Gasteiger partial charge in [-0.25, -0.2) is 0 Å². The summed E-state index contributed by atoms with van der Waals surface area (Å²) in [7, 11) is 2.71. The van der Waals surface area contributed by atoms with E-state index in [0.29, 0.717) is 6.26 Å². The second-order valence-corrected chi connectivity index (χ2v) is 1.49. The van der Waals surface area contributed by atoms with E-state index in [9.17, 15) is 5.11 Å². The Hall–Kier alpha value is -0.0500. The molecule has 0 bridgehead atoms. The Bertz CT molecular complexity index is 160. The normalized spacial score (nSPS) is 10.5. The molecule has 56 valence electrons. The molecule has 11 heavy (non-hydrogen) atoms. The summed E-state index contributed by atoms with van der Waals surface area (Å²) in [5.74, 6) is 0. The quantitative estimate of drug-likeness (QED) is 0.187. The van der Waals surface area contributed by atoms with E-state index in [1.807, 2.05) is 0 Å². The first-order valence-corrected chi connectivity index (χ1v) is 2.57. The van der Waals surface area contributed by atoms with Crippen molar-refractivity contribution in [3.63, 3.8) is 0 Å². The average Bonchev–Trinajstić information content (AvgIpc) is 2.00. The smallest absolute Gasteiger partial charge is 0.877 e. The van der Waals surface area contributed by atoms with Crippen LogP contribution < -0.4 is 34.7 Å². The number of ether oxygens (including phenoxy) is 2. The zero-order valence-electron chi connectivity index (χ0n) is 6.83. The van der Waals surface area contributed by atoms with Gasteiger partial charge in [-0.15, -0.1) is 6.26 Å². The molecule has 0 unspecified atom stereocenters. The van der Waals surface area contributed by atoms with Crippen molar-refractivity contribution < 1.29 is 44.1 Å². The second-order valence-electron chi connectivity index (χ2n) is 1.49. The SMILES string of the molecule is COC(OC)C(C#N)=C[O-].[Na+]. The van der Waals surface area contributed by atoms with Crippen LogP contribution in [0.4, 0.5) is 0 Å². The van der Waals surface area contributed by atoms with Crippen LogP contribution in [0, 0.1) is 11.3 Å². The van der Waals surface area contributed by atoms with Crippen molar-refractivity contribution in [2.75, 3.05) is 14.2 Å². The monoisotopic (exact) mass is 165 g/mol. The Kier molecular flexibility index (Phi) is 9.90. The summed E-state index contributed by atoms with van der Waals surface area (Å²) in [4.78, 5) is 0. The van der Waals surface area contributed by atoms with Crippen LogP contribution in [-0.4, -0.2) is 20.5 Å². The van der Waals surface area contributed by atoms with Gasteiger partial charge in [-0.3, -0.25) is 0 Å². The van der Waals surface area contributed by atoms with E-state index >= 15 is 0 Å². The minimum atomic E-state index is -0.831. The van der Waals surface area contributed by atoms with Gasteiger partial charge >= 0.3 is 29.6 Å². The molecule has 0 N–H and O–H groups in total. The third-order valence-corrected chi connectivity index (χ3v) is 0.938. The van der Waals surface area contributed by atoms with Gasteiger partial charge in [0.25, 0.3) is 0 Å². The van der Waals surface area contributed by atoms with Crippen molar-refractivity contribution in [2.24, 2.45) is 0 Å². The molecule has 0 aromatic carbocycles. The average molecular weight is 165 g/mol. The van der Waals surface area contributed by atoms with Gasteiger partial charge in [0.05, 0.1) is 11.6 Å². The molecule has 0 heterocycles. The molecule has 0 atom stereocenters. The molecule has 0 aliphatic heterocycles. The van der Waals surface area contributed by atoms with Crippen LogP contribution in [0.3, 0.4) is 0 Å². The second kappa shape index (κ2) is 8.05. The maximum atomic E-state index is 10.1. The van der Waals surface area contributed by atoms with Gasteiger partial charge in [0.15, 0.2) is 6.29 Å². The molecular weight excluding hydrogens is 157 g/mol. The van der Waals surface area contributed by atoms with Crippen LogP contribution in [-0.2, 0) is 9.47 Å². The number of methoxy groups -OCH3 is 2. The summed E-state index contributed by atoms with van der Waals surface area (Å²) in [5.41, 5.74) is -0.0648. The molecule has 0 aliphatic rings. The molecule has 5 heteroatoms. The molecule has 0 amide bonds. The summed E-state index contributed by atoms with van der Waals surface area (Å²) in [5, 5.41) is 18.4. The van der Waals surface area contributed by atoms with E-state index in [1.165, 1.54) is 14.2 Å². The van der Waals surface area contributed by atoms with Crippen LogP contribution in [0.25, 0.3) is 0 Å². The molecule has 0 aliphatic carbocycles. The van der Waals surface area contributed by atoms with E-state index in [2.05, 4.69) is 9.47 Å². The number of nitrogens with zero attached hydrogens (tertiary/aromatic N) is 1. The summed E-state index contributed by atoms with van der Waals surface area (Å²) in [6.45, 7) is 0. The maximum Gasteiger partial charge on any atom is 1.00 e. The minimum Gasteiger partial charge on any atom is -0.877 e. The van der Waals surface area contributed by atoms with Crippen molar-refractivity contribution in [1.29, 1.82) is 5.26 Å². The van der Waals surface area contributed by atoms with E-state index in [4.69, 9.17) is 5.26 Å². The van der Waals surface area contributed by atoms with E-state index in [1.54, 1.807) is 6.07 Å². The zero-order chi connectivity index (χ0) is 7.98. The first-order chi connectivity index (χ1) is 4.79. The number of hydrogen-bond acceptors (Lipinski definition) is 4. The maximum absolute atomic E-state index is 10.1. The van der Waals surface area contributed by atoms with Crippen LogP contribution >= 0.6 is 0 Å². The van der Waals surface area contributed by atoms with E-state index < -0.39 is 6.29 Å². The third kappa shape index (κ3) is 4.40. The van der Waals surface area contributed by atoms with Crippen LogP contribution in [0.2, 0.25) is 0 Å². The minimum absolute atomic E-state index is 0. The van der Waals surface area contributed by atoms with Crippen LogP contribution in [0.5, 0.6) is 0 Å². The fourth-order valence-corrected chi connectivity index (χ4v) is 0.485. The van der Waals surface area contributed by atoms with Gasteiger partial charge in [-0.05, 0) is 0 Å². The fourth-order valence-electron chi connectivity index (χ4n) is 0.485. The standard InChI is InChI=1S/C6H9NO3.Na/c1-9-6(10-2)5(3-7)4-8;/h4,6,8H,1-2H3;/q;+1/p-1. The van der Waals surface area contributed by atoms with Crippen molar-refractivity contribution >= 4 is 0 Å². The third-order valence-electron chi connectivity index (χ3n) is 0.938. The first-order valence-electron chi connectivity index (χ1n) is 2.57. The summed E-state index contributed by atoms with van der Waals surface area (Å²) >= 11 is 0. The molecule has 0 spiro atoms. The van der Waals surface area contributed by atoms with Gasteiger partial charge in [0.2, 0.25) is 0 Å². The first kappa shape index (κ1) is 13.5. The molecule has 0 radical (unpaired) electrons. The van der Waals surface area contributed by atoms with Gasteiger partial charge < -0.3 is 14.6 Å². The van der Waals surface area contributed by atoms with E-state index in [-0.39, 0.29) is 35.1 Å². The Balaban J connectivity index is 0. The number of nitriles is 1. The molecule has 0 aromatic heterocycles. The van der Waals surface area contributed by atoms with Crippen molar-refractivity contribution in [3.8, 4) is 6.07 Å². The molecule has 0 saturated heterocycles. The van der Waals surface area contributed by atoms with Gasteiger partial charge in [0, 0.05) is 14.2 Å². The van der Waals surface area contributed by atoms with Gasteiger partial charge in [-0.2, -0.15) is 5.26 Å². The predicted molar refractivity (Wildman–Crippen MR) is 31.5 cm³/mol. The molecular formula is C6H8NNaO3. The Labute approximate surface area is 87.7 Å². The summed E-state index contributed by atoms with van der Waals surface area (Å²) in [6.07, 6.45) is -0.417. The van der Waals surface area contributed by atoms with Gasteiger partial charge in [-0.1, -0.05) is 0 Å². The summed E-state index contributed by atoms with van der Waals surface area (Å²) in [6, 6.07) is 1.65. The van der Waals surface area contributed by atoms with Crippen molar-refractivity contribution in [3.05, 3.63) is 11.8 Å². The zero-order valence-corrected chi connectivity index (χ0v) is 8.83. The van der Waals surface area contributed by atoms with Crippen LogP contribution in [0.1, 0.15) is 0 Å².